The van der Waals surface area contributed by atoms with Crippen molar-refractivity contribution in [2.45, 2.75) is 78.2 Å². The van der Waals surface area contributed by atoms with E-state index in [1.54, 1.807) is 17.9 Å². The molecule has 2 N–H and O–H groups in total. The van der Waals surface area contributed by atoms with E-state index in [1.807, 2.05) is 18.2 Å². The molecule has 1 aliphatic heterocycles. The fourth-order valence-corrected chi connectivity index (χ4v) is 3.90. The minimum Gasteiger partial charge on any atom is -0.466 e. The van der Waals surface area contributed by atoms with Gasteiger partial charge >= 0.3 is 12.0 Å². The van der Waals surface area contributed by atoms with Gasteiger partial charge in [-0.05, 0) is 37.5 Å². The summed E-state index contributed by atoms with van der Waals surface area (Å²) in [6, 6.07) is 6.38. The average molecular weight is 444 g/mol. The fraction of sp³-hybridized carbons (Fsp3) is 0.560. The van der Waals surface area contributed by atoms with E-state index in [-0.39, 0.29) is 11.9 Å². The smallest absolute Gasteiger partial charge is 0.337 e. The Morgan fingerprint density at radius 1 is 1.09 bits per heavy atom. The summed E-state index contributed by atoms with van der Waals surface area (Å²) < 4.78 is 5.02. The lowest BCUT2D eigenvalue weighted by Crippen LogP contribution is -2.48. The van der Waals surface area contributed by atoms with Crippen molar-refractivity contribution in [3.8, 4) is 0 Å². The second-order valence-corrected chi connectivity index (χ2v) is 8.22. The number of esters is 1. The Kier molecular flexibility index (Phi) is 10.2. The van der Waals surface area contributed by atoms with Crippen LogP contribution in [0.3, 0.4) is 0 Å². The Bertz CT molecular complexity index is 834. The van der Waals surface area contributed by atoms with E-state index in [4.69, 9.17) is 4.74 Å². The quantitative estimate of drug-likeness (QED) is 0.339. The third kappa shape index (κ3) is 6.84. The van der Waals surface area contributed by atoms with Crippen LogP contribution in [-0.4, -0.2) is 36.5 Å². The zero-order chi connectivity index (χ0) is 23.5. The van der Waals surface area contributed by atoms with Gasteiger partial charge < -0.3 is 15.4 Å². The summed E-state index contributed by atoms with van der Waals surface area (Å²) in [4.78, 5) is 39.3. The van der Waals surface area contributed by atoms with E-state index in [0.29, 0.717) is 35.5 Å². The number of hydrogen-bond donors (Lipinski definition) is 2. The van der Waals surface area contributed by atoms with Crippen LogP contribution in [0.15, 0.2) is 35.5 Å². The van der Waals surface area contributed by atoms with Gasteiger partial charge in [-0.15, -0.1) is 0 Å². The highest BCUT2D eigenvalue weighted by molar-refractivity contribution is 5.95. The maximum Gasteiger partial charge on any atom is 0.337 e. The lowest BCUT2D eigenvalue weighted by molar-refractivity contribution is -0.136. The van der Waals surface area contributed by atoms with Crippen LogP contribution in [0.5, 0.6) is 0 Å². The first kappa shape index (κ1) is 25.4. The molecule has 3 amide bonds. The van der Waals surface area contributed by atoms with Crippen LogP contribution in [0.25, 0.3) is 0 Å². The van der Waals surface area contributed by atoms with Gasteiger partial charge in [0.2, 0.25) is 5.91 Å². The molecule has 0 aliphatic carbocycles. The number of anilines is 1. The van der Waals surface area contributed by atoms with Gasteiger partial charge in [-0.2, -0.15) is 0 Å². The number of ether oxygens (including phenoxy) is 1. The van der Waals surface area contributed by atoms with Gasteiger partial charge in [0.05, 0.1) is 18.7 Å². The first-order valence-corrected chi connectivity index (χ1v) is 11.7. The molecule has 0 saturated carbocycles. The molecule has 1 aliphatic rings. The predicted molar refractivity (Wildman–Crippen MR) is 126 cm³/mol. The monoisotopic (exact) mass is 443 g/mol. The number of unbranched alkanes of at least 4 members (excludes halogenated alkanes) is 5. The summed E-state index contributed by atoms with van der Waals surface area (Å²) in [5.41, 5.74) is 2.36. The molecular weight excluding hydrogens is 406 g/mol. The van der Waals surface area contributed by atoms with E-state index >= 15 is 0 Å². The second kappa shape index (κ2) is 12.9. The maximum atomic E-state index is 12.8. The van der Waals surface area contributed by atoms with Crippen molar-refractivity contribution >= 4 is 23.6 Å². The molecule has 0 radical (unpaired) electrons. The van der Waals surface area contributed by atoms with E-state index in [0.717, 1.165) is 32.1 Å². The highest BCUT2D eigenvalue weighted by atomic mass is 16.5. The summed E-state index contributed by atoms with van der Waals surface area (Å²) in [7, 11) is 1.34. The molecular formula is C25H37N3O4. The Morgan fingerprint density at radius 3 is 2.50 bits per heavy atom. The van der Waals surface area contributed by atoms with Crippen LogP contribution in [-0.2, 0) is 14.3 Å². The molecule has 0 bridgehead atoms. The minimum atomic E-state index is -0.640. The average Bonchev–Trinajstić information content (AvgIpc) is 2.78. The molecule has 0 spiro atoms. The van der Waals surface area contributed by atoms with Gasteiger partial charge in [-0.25, -0.2) is 9.59 Å². The molecule has 7 heteroatoms. The molecule has 1 heterocycles. The first-order chi connectivity index (χ1) is 15.4. The van der Waals surface area contributed by atoms with Crippen molar-refractivity contribution < 1.29 is 19.1 Å². The van der Waals surface area contributed by atoms with Gasteiger partial charge in [0.25, 0.3) is 0 Å². The second-order valence-electron chi connectivity index (χ2n) is 8.22. The summed E-state index contributed by atoms with van der Waals surface area (Å²) >= 11 is 0. The van der Waals surface area contributed by atoms with Crippen LogP contribution in [0, 0.1) is 0 Å². The number of urea groups is 1. The van der Waals surface area contributed by atoms with Crippen LogP contribution >= 0.6 is 0 Å². The normalized spacial score (nSPS) is 16.1. The fourth-order valence-electron chi connectivity index (χ4n) is 3.90. The molecule has 176 valence electrons. The number of nitrogens with zero attached hydrogens (tertiary/aromatic N) is 1. The summed E-state index contributed by atoms with van der Waals surface area (Å²) in [5, 5.41) is 5.87. The predicted octanol–water partition coefficient (Wildman–Crippen LogP) is 5.30. The molecule has 1 unspecified atom stereocenters. The third-order valence-corrected chi connectivity index (χ3v) is 5.75. The van der Waals surface area contributed by atoms with Crippen LogP contribution in [0.4, 0.5) is 10.5 Å². The van der Waals surface area contributed by atoms with E-state index < -0.39 is 12.0 Å². The number of carbonyl (C=O) groups is 3. The number of allylic oxidation sites excluding steroid dienone is 1. The van der Waals surface area contributed by atoms with E-state index in [2.05, 4.69) is 24.5 Å². The highest BCUT2D eigenvalue weighted by Crippen LogP contribution is 2.32. The lowest BCUT2D eigenvalue weighted by Gasteiger charge is -2.35. The minimum absolute atomic E-state index is 0.0306. The Labute approximate surface area is 191 Å². The molecule has 0 aromatic heterocycles. The van der Waals surface area contributed by atoms with Gasteiger partial charge in [0.15, 0.2) is 0 Å². The SMILES string of the molecule is CCCCCCCC(=O)Nc1cccc(C2NC(=O)N(CCCC)C(C)=C2C(=O)OC)c1. The molecule has 1 aromatic rings. The number of benzene rings is 1. The van der Waals surface area contributed by atoms with E-state index in [1.165, 1.54) is 20.0 Å². The Hall–Kier alpha value is -2.83. The summed E-state index contributed by atoms with van der Waals surface area (Å²) in [6.45, 7) is 6.53. The summed E-state index contributed by atoms with van der Waals surface area (Å²) in [6.07, 6.45) is 7.70. The van der Waals surface area contributed by atoms with Crippen molar-refractivity contribution in [3.05, 3.63) is 41.1 Å². The number of amides is 3. The zero-order valence-electron chi connectivity index (χ0n) is 19.8. The molecule has 7 nitrogen and oxygen atoms in total. The van der Waals surface area contributed by atoms with Gasteiger partial charge in [0, 0.05) is 24.4 Å². The first-order valence-electron chi connectivity index (χ1n) is 11.7. The Morgan fingerprint density at radius 2 is 1.81 bits per heavy atom. The topological polar surface area (TPSA) is 87.7 Å². The number of carbonyl (C=O) groups excluding carboxylic acids is 3. The van der Waals surface area contributed by atoms with Gasteiger partial charge in [0.1, 0.15) is 0 Å². The van der Waals surface area contributed by atoms with Crippen molar-refractivity contribution in [2.75, 3.05) is 19.0 Å². The van der Waals surface area contributed by atoms with Crippen molar-refractivity contribution in [2.24, 2.45) is 0 Å². The van der Waals surface area contributed by atoms with Crippen molar-refractivity contribution in [3.63, 3.8) is 0 Å². The van der Waals surface area contributed by atoms with Gasteiger partial charge in [-0.3, -0.25) is 9.69 Å². The van der Waals surface area contributed by atoms with Gasteiger partial charge in [-0.1, -0.05) is 58.1 Å². The molecule has 0 fully saturated rings. The van der Waals surface area contributed by atoms with Crippen LogP contribution < -0.4 is 10.6 Å². The van der Waals surface area contributed by atoms with Crippen molar-refractivity contribution in [1.82, 2.24) is 10.2 Å². The highest BCUT2D eigenvalue weighted by Gasteiger charge is 2.36. The number of methoxy groups -OCH3 is 1. The Balaban J connectivity index is 2.19. The van der Waals surface area contributed by atoms with E-state index in [9.17, 15) is 14.4 Å². The number of rotatable bonds is 12. The number of hydrogen-bond acceptors (Lipinski definition) is 4. The lowest BCUT2D eigenvalue weighted by atomic mass is 9.94. The summed E-state index contributed by atoms with van der Waals surface area (Å²) in [5.74, 6) is -0.507. The van der Waals surface area contributed by atoms with Crippen LogP contribution in [0.2, 0.25) is 0 Å². The molecule has 32 heavy (non-hydrogen) atoms. The molecule has 2 rings (SSSR count). The number of nitrogens with one attached hydrogen (secondary N) is 2. The standard InChI is InChI=1S/C25H37N3O4/c1-5-7-9-10-11-15-21(29)26-20-14-12-13-19(17-20)23-22(24(30)32-4)18(3)28(16-8-6-2)25(31)27-23/h12-14,17,23H,5-11,15-16H2,1-4H3,(H,26,29)(H,27,31). The molecule has 1 atom stereocenters. The van der Waals surface area contributed by atoms with Crippen LogP contribution in [0.1, 0.15) is 83.7 Å². The molecule has 0 saturated heterocycles. The van der Waals surface area contributed by atoms with Crippen molar-refractivity contribution in [1.29, 1.82) is 0 Å². The zero-order valence-corrected chi connectivity index (χ0v) is 19.8. The molecule has 1 aromatic carbocycles. The largest absolute Gasteiger partial charge is 0.466 e. The third-order valence-electron chi connectivity index (χ3n) is 5.75. The maximum absolute atomic E-state index is 12.8.